The summed E-state index contributed by atoms with van der Waals surface area (Å²) in [6.45, 7) is 0.673. The topological polar surface area (TPSA) is 90.7 Å². The molecule has 2 heterocycles. The van der Waals surface area contributed by atoms with Crippen LogP contribution in [0.25, 0.3) is 0 Å². The molecule has 1 amide bonds. The number of carboxylic acids is 1. The van der Waals surface area contributed by atoms with Crippen LogP contribution in [0.4, 0.5) is 0 Å². The van der Waals surface area contributed by atoms with Crippen molar-refractivity contribution in [3.8, 4) is 0 Å². The van der Waals surface area contributed by atoms with Gasteiger partial charge in [0, 0.05) is 31.3 Å². The van der Waals surface area contributed by atoms with Crippen molar-refractivity contribution >= 4 is 35.4 Å². The van der Waals surface area contributed by atoms with Gasteiger partial charge in [0.1, 0.15) is 0 Å². The fourth-order valence-electron chi connectivity index (χ4n) is 3.25. The molecule has 166 valence electrons. The van der Waals surface area contributed by atoms with Crippen molar-refractivity contribution in [1.82, 2.24) is 9.88 Å². The first-order chi connectivity index (χ1) is 14.6. The molecule has 8 heteroatoms. The van der Waals surface area contributed by atoms with Crippen LogP contribution in [0.1, 0.15) is 44.9 Å². The minimum absolute atomic E-state index is 0.0616. The molecule has 1 aliphatic heterocycles. The van der Waals surface area contributed by atoms with Gasteiger partial charge in [0.15, 0.2) is 0 Å². The zero-order chi connectivity index (χ0) is 21.6. The Morgan fingerprint density at radius 3 is 2.90 bits per heavy atom. The van der Waals surface area contributed by atoms with Gasteiger partial charge in [-0.05, 0) is 55.7 Å². The number of carboxylic acid groups (broad SMARTS) is 1. The lowest BCUT2D eigenvalue weighted by atomic mass is 10.1. The van der Waals surface area contributed by atoms with Crippen LogP contribution in [0, 0.1) is 0 Å². The molecule has 0 aromatic carbocycles. The zero-order valence-electron chi connectivity index (χ0n) is 17.3. The van der Waals surface area contributed by atoms with E-state index in [1.807, 2.05) is 35.3 Å². The summed E-state index contributed by atoms with van der Waals surface area (Å²) in [5, 5.41) is 19.9. The molecule has 1 saturated heterocycles. The number of hydrogen-bond acceptors (Lipinski definition) is 6. The Morgan fingerprint density at radius 1 is 1.27 bits per heavy atom. The van der Waals surface area contributed by atoms with Crippen molar-refractivity contribution < 1.29 is 19.8 Å². The number of unbranched alkanes of at least 4 members (excludes halogenated alkanes) is 1. The summed E-state index contributed by atoms with van der Waals surface area (Å²) in [5.74, 6) is 2.00. The van der Waals surface area contributed by atoms with Gasteiger partial charge in [0.25, 0.3) is 0 Å². The Balaban J connectivity index is 1.60. The number of carbonyl (C=O) groups is 2. The molecule has 2 rings (SSSR count). The summed E-state index contributed by atoms with van der Waals surface area (Å²) in [4.78, 5) is 28.8. The van der Waals surface area contributed by atoms with E-state index in [2.05, 4.69) is 4.98 Å². The molecule has 0 radical (unpaired) electrons. The van der Waals surface area contributed by atoms with Gasteiger partial charge in [-0.2, -0.15) is 11.8 Å². The van der Waals surface area contributed by atoms with Crippen LogP contribution in [0.2, 0.25) is 0 Å². The monoisotopic (exact) mass is 452 g/mol. The maximum atomic E-state index is 12.1. The summed E-state index contributed by atoms with van der Waals surface area (Å²) < 4.78 is 0. The average Bonchev–Trinajstić information content (AvgIpc) is 3.09. The third kappa shape index (κ3) is 10.00. The fraction of sp³-hybridized carbons (Fsp3) is 0.591. The second kappa shape index (κ2) is 14.5. The molecule has 1 aromatic heterocycles. The maximum Gasteiger partial charge on any atom is 0.303 e. The highest BCUT2D eigenvalue weighted by Crippen LogP contribution is 2.21. The number of thioether (sulfide) groups is 2. The summed E-state index contributed by atoms with van der Waals surface area (Å²) in [5.41, 5.74) is 0. The molecule has 0 bridgehead atoms. The predicted octanol–water partition coefficient (Wildman–Crippen LogP) is 3.85. The Kier molecular flexibility index (Phi) is 12.0. The van der Waals surface area contributed by atoms with Crippen LogP contribution in [0.5, 0.6) is 0 Å². The van der Waals surface area contributed by atoms with E-state index in [4.69, 9.17) is 5.11 Å². The van der Waals surface area contributed by atoms with E-state index in [0.717, 1.165) is 48.0 Å². The van der Waals surface area contributed by atoms with Crippen molar-refractivity contribution in [2.75, 3.05) is 23.8 Å². The number of aliphatic hydroxyl groups excluding tert-OH is 1. The lowest BCUT2D eigenvalue weighted by Crippen LogP contribution is -2.34. The molecule has 0 unspecified atom stereocenters. The Labute approximate surface area is 187 Å². The number of aliphatic hydroxyl groups is 1. The van der Waals surface area contributed by atoms with Crippen molar-refractivity contribution in [2.45, 2.75) is 62.1 Å². The number of amides is 1. The lowest BCUT2D eigenvalue weighted by Gasteiger charge is -2.22. The van der Waals surface area contributed by atoms with E-state index >= 15 is 0 Å². The minimum atomic E-state index is -0.763. The van der Waals surface area contributed by atoms with Gasteiger partial charge in [0.05, 0.1) is 17.2 Å². The van der Waals surface area contributed by atoms with Gasteiger partial charge in [-0.3, -0.25) is 9.59 Å². The van der Waals surface area contributed by atoms with Crippen LogP contribution in [-0.4, -0.2) is 67.9 Å². The van der Waals surface area contributed by atoms with Gasteiger partial charge in [-0.1, -0.05) is 18.2 Å². The fourth-order valence-corrected chi connectivity index (χ4v) is 5.00. The smallest absolute Gasteiger partial charge is 0.303 e. The maximum absolute atomic E-state index is 12.1. The molecular weight excluding hydrogens is 420 g/mol. The summed E-state index contributed by atoms with van der Waals surface area (Å²) >= 11 is 3.42. The average molecular weight is 453 g/mol. The number of aliphatic carboxylic acids is 1. The van der Waals surface area contributed by atoms with Crippen molar-refractivity contribution in [3.05, 3.63) is 36.5 Å². The third-order valence-electron chi connectivity index (χ3n) is 4.87. The molecule has 2 N–H and O–H groups in total. The van der Waals surface area contributed by atoms with E-state index in [0.29, 0.717) is 19.4 Å². The van der Waals surface area contributed by atoms with E-state index in [1.165, 1.54) is 0 Å². The first kappa shape index (κ1) is 24.8. The number of rotatable bonds is 15. The predicted molar refractivity (Wildman–Crippen MR) is 123 cm³/mol. The summed E-state index contributed by atoms with van der Waals surface area (Å²) in [7, 11) is 0. The number of likely N-dealkylation sites (tertiary alicyclic amines) is 1. The van der Waals surface area contributed by atoms with E-state index in [9.17, 15) is 14.7 Å². The number of aromatic nitrogens is 1. The molecule has 0 spiro atoms. The molecule has 0 saturated carbocycles. The summed E-state index contributed by atoms with van der Waals surface area (Å²) in [6, 6.07) is 5.96. The van der Waals surface area contributed by atoms with Crippen LogP contribution < -0.4 is 0 Å². The van der Waals surface area contributed by atoms with Crippen LogP contribution in [-0.2, 0) is 9.59 Å². The molecule has 1 aliphatic rings. The Hall–Kier alpha value is -1.51. The highest BCUT2D eigenvalue weighted by molar-refractivity contribution is 7.99. The van der Waals surface area contributed by atoms with Crippen LogP contribution >= 0.6 is 23.5 Å². The van der Waals surface area contributed by atoms with Crippen LogP contribution in [0.15, 0.2) is 41.6 Å². The number of nitrogens with zero attached hydrogens (tertiary/aromatic N) is 2. The van der Waals surface area contributed by atoms with Crippen LogP contribution in [0.3, 0.4) is 0 Å². The van der Waals surface area contributed by atoms with Crippen molar-refractivity contribution in [2.24, 2.45) is 0 Å². The molecule has 2 atom stereocenters. The van der Waals surface area contributed by atoms with Gasteiger partial charge in [0.2, 0.25) is 5.91 Å². The quantitative estimate of drug-likeness (QED) is 0.237. The van der Waals surface area contributed by atoms with Gasteiger partial charge < -0.3 is 15.1 Å². The highest BCUT2D eigenvalue weighted by Gasteiger charge is 2.28. The molecule has 0 aliphatic carbocycles. The van der Waals surface area contributed by atoms with E-state index in [1.54, 1.807) is 29.7 Å². The molecule has 30 heavy (non-hydrogen) atoms. The lowest BCUT2D eigenvalue weighted by molar-refractivity contribution is -0.137. The van der Waals surface area contributed by atoms with E-state index in [-0.39, 0.29) is 18.4 Å². The second-order valence-corrected chi connectivity index (χ2v) is 9.61. The molecule has 6 nitrogen and oxygen atoms in total. The van der Waals surface area contributed by atoms with Gasteiger partial charge >= 0.3 is 5.97 Å². The molecule has 1 aromatic rings. The first-order valence-electron chi connectivity index (χ1n) is 10.6. The van der Waals surface area contributed by atoms with Crippen molar-refractivity contribution in [3.63, 3.8) is 0 Å². The van der Waals surface area contributed by atoms with E-state index < -0.39 is 12.1 Å². The normalized spacial score (nSPS) is 17.7. The van der Waals surface area contributed by atoms with Gasteiger partial charge in [-0.15, -0.1) is 11.8 Å². The second-order valence-electron chi connectivity index (χ2n) is 7.27. The molecular formula is C22H32N2O4S2. The zero-order valence-corrected chi connectivity index (χ0v) is 19.0. The SMILES string of the molecule is O=C(O)CCCSCCN1C(=O)CC[C@@H]1/C=C/[C@@H](O)CCCCSc1ccccn1. The summed E-state index contributed by atoms with van der Waals surface area (Å²) in [6.07, 6.45) is 10.0. The number of carbonyl (C=O) groups excluding carboxylic acids is 1. The minimum Gasteiger partial charge on any atom is -0.481 e. The number of hydrogen-bond donors (Lipinski definition) is 2. The Morgan fingerprint density at radius 2 is 2.13 bits per heavy atom. The molecule has 1 fully saturated rings. The number of pyridine rings is 1. The van der Waals surface area contributed by atoms with Crippen molar-refractivity contribution in [1.29, 1.82) is 0 Å². The Bertz CT molecular complexity index is 672. The first-order valence-corrected chi connectivity index (χ1v) is 12.7. The third-order valence-corrected chi connectivity index (χ3v) is 6.95. The standard InChI is InChI=1S/C22H32N2O4S2/c25-19(6-2-4-16-30-20-7-1-3-13-23-20)11-9-18-10-12-21(26)24(18)14-17-29-15-5-8-22(27)28/h1,3,7,9,11,13,18-19,25H,2,4-6,8,10,12,14-17H2,(H,27,28)/b11-9+/t18-,19-/m0/s1. The van der Waals surface area contributed by atoms with Gasteiger partial charge in [-0.25, -0.2) is 4.98 Å². The highest BCUT2D eigenvalue weighted by atomic mass is 32.2. The largest absolute Gasteiger partial charge is 0.481 e.